The zero-order valence-electron chi connectivity index (χ0n) is 45.3. The van der Waals surface area contributed by atoms with Crippen molar-refractivity contribution in [3.8, 4) is 0 Å². The lowest BCUT2D eigenvalue weighted by atomic mass is 9.98. The fraction of sp³-hybridized carbons (Fsp3) is 0.672. The quantitative estimate of drug-likeness (QED) is 0.0228. The summed E-state index contributed by atoms with van der Waals surface area (Å²) in [7, 11) is 0. The van der Waals surface area contributed by atoms with Crippen LogP contribution in [0.3, 0.4) is 0 Å². The smallest absolute Gasteiger partial charge is 0.335 e. The van der Waals surface area contributed by atoms with Gasteiger partial charge in [0.15, 0.2) is 24.6 Å². The van der Waals surface area contributed by atoms with Gasteiger partial charge < -0.3 is 39.0 Å². The topological polar surface area (TPSA) is 175 Å². The summed E-state index contributed by atoms with van der Waals surface area (Å²) in [6.07, 6.45) is 51.4. The van der Waals surface area contributed by atoms with Crippen LogP contribution in [0.2, 0.25) is 0 Å². The van der Waals surface area contributed by atoms with Gasteiger partial charge in [0.25, 0.3) is 0 Å². The van der Waals surface area contributed by atoms with Gasteiger partial charge in [0, 0.05) is 12.8 Å². The zero-order chi connectivity index (χ0) is 53.3. The molecule has 12 nitrogen and oxygen atoms in total. The maximum Gasteiger partial charge on any atom is 0.335 e. The molecule has 1 fully saturated rings. The molecule has 1 rings (SSSR count). The summed E-state index contributed by atoms with van der Waals surface area (Å²) in [5.74, 6) is -3.32. The molecule has 0 radical (unpaired) electrons. The van der Waals surface area contributed by atoms with Gasteiger partial charge >= 0.3 is 23.9 Å². The van der Waals surface area contributed by atoms with Crippen LogP contribution in [-0.2, 0) is 42.9 Å². The van der Waals surface area contributed by atoms with Gasteiger partial charge in [-0.1, -0.05) is 208 Å². The summed E-state index contributed by atoms with van der Waals surface area (Å²) in [4.78, 5) is 50.9. The third kappa shape index (κ3) is 38.8. The van der Waals surface area contributed by atoms with Crippen LogP contribution in [0.4, 0.5) is 0 Å². The van der Waals surface area contributed by atoms with Crippen LogP contribution < -0.4 is 0 Å². The van der Waals surface area contributed by atoms with E-state index in [9.17, 15) is 34.5 Å². The molecule has 6 atom stereocenters. The second-order valence-electron chi connectivity index (χ2n) is 18.9. The van der Waals surface area contributed by atoms with Gasteiger partial charge in [-0.15, -0.1) is 0 Å². The molecule has 0 aromatic rings. The Morgan fingerprint density at radius 2 is 0.904 bits per heavy atom. The van der Waals surface area contributed by atoms with Gasteiger partial charge in [0.2, 0.25) is 0 Å². The Morgan fingerprint density at radius 1 is 0.479 bits per heavy atom. The number of esters is 3. The van der Waals surface area contributed by atoms with Crippen molar-refractivity contribution in [3.63, 3.8) is 0 Å². The van der Waals surface area contributed by atoms with E-state index in [0.717, 1.165) is 103 Å². The Hall–Kier alpha value is -4.36. The monoisotopic (exact) mass is 1020 g/mol. The zero-order valence-corrected chi connectivity index (χ0v) is 45.3. The molecule has 73 heavy (non-hydrogen) atoms. The lowest BCUT2D eigenvalue weighted by Gasteiger charge is -2.40. The number of hydrogen-bond donors (Lipinski definition) is 3. The average Bonchev–Trinajstić information content (AvgIpc) is 3.37. The molecule has 12 heteroatoms. The van der Waals surface area contributed by atoms with Crippen LogP contribution in [-0.4, -0.2) is 89.2 Å². The second kappa shape index (κ2) is 48.6. The number of carbonyl (C=O) groups excluding carboxylic acids is 3. The molecular formula is C61H98O12. The predicted octanol–water partition coefficient (Wildman–Crippen LogP) is 14.1. The van der Waals surface area contributed by atoms with E-state index in [1.165, 1.54) is 51.4 Å². The lowest BCUT2D eigenvalue weighted by Crippen LogP contribution is -2.61. The van der Waals surface area contributed by atoms with E-state index in [-0.39, 0.29) is 25.9 Å². The first kappa shape index (κ1) is 66.7. The summed E-state index contributed by atoms with van der Waals surface area (Å²) < 4.78 is 28.2. The number of hydrogen-bond acceptors (Lipinski definition) is 11. The SMILES string of the molecule is CC/C=C\C/C=C\C/C=C\C/C=C\C/C=C\CC(=O)OC(COC(=O)CCCCCCCC/C=C\C/C=C\C/C=C\CCCCC)COC1OC(C(=O)O)C(O)C(O)C1OC(=O)CCCCCCCCCCC. The molecule has 0 bridgehead atoms. The van der Waals surface area contributed by atoms with E-state index in [1.807, 2.05) is 18.2 Å². The van der Waals surface area contributed by atoms with Crippen molar-refractivity contribution in [2.75, 3.05) is 13.2 Å². The van der Waals surface area contributed by atoms with Gasteiger partial charge in [0.1, 0.15) is 18.8 Å². The first-order valence-electron chi connectivity index (χ1n) is 28.2. The molecule has 1 aliphatic rings. The molecule has 1 heterocycles. The van der Waals surface area contributed by atoms with Gasteiger partial charge in [0.05, 0.1) is 13.0 Å². The maximum absolute atomic E-state index is 13.0. The summed E-state index contributed by atoms with van der Waals surface area (Å²) in [6.45, 7) is 5.70. The van der Waals surface area contributed by atoms with Gasteiger partial charge in [-0.05, 0) is 83.5 Å². The highest BCUT2D eigenvalue weighted by molar-refractivity contribution is 5.74. The van der Waals surface area contributed by atoms with Crippen LogP contribution >= 0.6 is 0 Å². The van der Waals surface area contributed by atoms with Crippen molar-refractivity contribution in [1.29, 1.82) is 0 Å². The summed E-state index contributed by atoms with van der Waals surface area (Å²) in [6, 6.07) is 0. The van der Waals surface area contributed by atoms with Gasteiger partial charge in [-0.2, -0.15) is 0 Å². The minimum Gasteiger partial charge on any atom is -0.479 e. The van der Waals surface area contributed by atoms with Gasteiger partial charge in [-0.3, -0.25) is 14.4 Å². The van der Waals surface area contributed by atoms with E-state index in [1.54, 1.807) is 6.08 Å². The predicted molar refractivity (Wildman–Crippen MR) is 294 cm³/mol. The normalized spacial score (nSPS) is 19.1. The van der Waals surface area contributed by atoms with Crippen molar-refractivity contribution in [2.24, 2.45) is 0 Å². The van der Waals surface area contributed by atoms with Crippen molar-refractivity contribution in [3.05, 3.63) is 97.2 Å². The number of rotatable bonds is 46. The Balaban J connectivity index is 2.74. The van der Waals surface area contributed by atoms with E-state index in [2.05, 4.69) is 93.7 Å². The molecule has 414 valence electrons. The molecule has 0 aliphatic carbocycles. The summed E-state index contributed by atoms with van der Waals surface area (Å²) >= 11 is 0. The van der Waals surface area contributed by atoms with Crippen molar-refractivity contribution in [1.82, 2.24) is 0 Å². The van der Waals surface area contributed by atoms with Crippen LogP contribution in [0.5, 0.6) is 0 Å². The fourth-order valence-corrected chi connectivity index (χ4v) is 7.86. The first-order chi connectivity index (χ1) is 35.6. The van der Waals surface area contributed by atoms with Crippen LogP contribution in [0.15, 0.2) is 97.2 Å². The van der Waals surface area contributed by atoms with E-state index >= 15 is 0 Å². The van der Waals surface area contributed by atoms with Crippen LogP contribution in [0, 0.1) is 0 Å². The highest BCUT2D eigenvalue weighted by Gasteiger charge is 2.50. The fourth-order valence-electron chi connectivity index (χ4n) is 7.86. The average molecular weight is 1020 g/mol. The van der Waals surface area contributed by atoms with Crippen LogP contribution in [0.25, 0.3) is 0 Å². The standard InChI is InChI=1S/C61H98O12/c1-4-7-10-13-16-19-21-23-25-26-27-28-30-31-33-36-38-41-44-47-53(62)69-50-52(71-54(63)48-45-42-40-37-34-32-29-24-22-20-17-14-11-8-5-2)51-70-61-59(57(66)56(65)58(73-61)60(67)68)72-55(64)49-46-43-39-35-18-15-12-9-6-3/h8,11,16-17,19-20,23-25,27-29,34,37,42,45,52,56-59,61,65-66H,4-7,9-10,12-15,18,21-22,26,30-33,35-36,38-41,43-44,46-51H2,1-3H3,(H,67,68)/b11-8-,19-16-,20-17-,25-23-,28-27-,29-24-,37-34-,45-42-. The number of aliphatic hydroxyl groups is 2. The molecule has 0 saturated carbocycles. The number of ether oxygens (including phenoxy) is 5. The van der Waals surface area contributed by atoms with E-state index in [0.29, 0.717) is 19.3 Å². The Labute approximate surface area is 441 Å². The van der Waals surface area contributed by atoms with Crippen molar-refractivity contribution in [2.45, 2.75) is 250 Å². The molecular weight excluding hydrogens is 925 g/mol. The number of unbranched alkanes of at least 4 members (excludes halogenated alkanes) is 17. The molecule has 0 aromatic carbocycles. The van der Waals surface area contributed by atoms with Crippen molar-refractivity contribution < 1.29 is 58.2 Å². The number of carbonyl (C=O) groups is 4. The Morgan fingerprint density at radius 3 is 1.41 bits per heavy atom. The Bertz CT molecular complexity index is 1640. The Kier molecular flexibility index (Phi) is 44.4. The summed E-state index contributed by atoms with van der Waals surface area (Å²) in [5.41, 5.74) is 0. The number of allylic oxidation sites excluding steroid dienone is 15. The molecule has 0 amide bonds. The molecule has 1 aliphatic heterocycles. The van der Waals surface area contributed by atoms with Crippen molar-refractivity contribution >= 4 is 23.9 Å². The van der Waals surface area contributed by atoms with Crippen LogP contribution in [0.1, 0.15) is 213 Å². The van der Waals surface area contributed by atoms with Gasteiger partial charge in [-0.25, -0.2) is 4.79 Å². The number of aliphatic hydroxyl groups excluding tert-OH is 2. The van der Waals surface area contributed by atoms with E-state index in [4.69, 9.17) is 23.7 Å². The number of carboxylic acids is 1. The summed E-state index contributed by atoms with van der Waals surface area (Å²) in [5, 5.41) is 31.3. The molecule has 0 aromatic heterocycles. The first-order valence-corrected chi connectivity index (χ1v) is 28.2. The third-order valence-corrected chi connectivity index (χ3v) is 12.2. The highest BCUT2D eigenvalue weighted by Crippen LogP contribution is 2.26. The molecule has 0 spiro atoms. The lowest BCUT2D eigenvalue weighted by molar-refractivity contribution is -0.301. The second-order valence-corrected chi connectivity index (χ2v) is 18.9. The number of aliphatic carboxylic acids is 1. The largest absolute Gasteiger partial charge is 0.479 e. The third-order valence-electron chi connectivity index (χ3n) is 12.2. The molecule has 1 saturated heterocycles. The maximum atomic E-state index is 13.0. The molecule has 3 N–H and O–H groups in total. The number of carboxylic acid groups (broad SMARTS) is 1. The highest BCUT2D eigenvalue weighted by atomic mass is 16.7. The minimum atomic E-state index is -1.92. The van der Waals surface area contributed by atoms with E-state index < -0.39 is 67.3 Å². The minimum absolute atomic E-state index is 0.0457. The molecule has 6 unspecified atom stereocenters.